The van der Waals surface area contributed by atoms with Gasteiger partial charge in [0.25, 0.3) is 0 Å². The SMILES string of the molecule is C[Si](C)(C)N=C(N[Si](C)(C)C)c1ccccc1C(=O)O.C[Si](C)(C)N=C(N[Si](C)(C)C)c1ccccc1C(=O)O.[CH2-][Si](C)(C)C.[CH2-][Si](C)(C)C.[Zr+2]. The van der Waals surface area contributed by atoms with Gasteiger partial charge in [-0.05, 0) is 51.4 Å². The number of hydrogen-bond acceptors (Lipinski definition) is 4. The molecule has 15 heteroatoms. The number of amidine groups is 2. The molecule has 2 aromatic carbocycles. The second-order valence-electron chi connectivity index (χ2n) is 18.8. The standard InChI is InChI=1S/2C14H24N2O2Si2.2C4H11Si.Zr/c2*1-19(2,3)15-13(16-20(4,5)6)11-9-7-8-10-12(11)14(17)18;2*1-5(2,3)4;/h2*7-10H,1-6H3,(H,15,16)(H,17,18);2*1H2,2-4H3;/q;;2*-1;+2. The van der Waals surface area contributed by atoms with E-state index in [9.17, 15) is 19.8 Å². The van der Waals surface area contributed by atoms with E-state index in [1.165, 1.54) is 0 Å². The largest absolute Gasteiger partial charge is 2.00 e. The van der Waals surface area contributed by atoms with E-state index in [0.29, 0.717) is 22.3 Å². The van der Waals surface area contributed by atoms with E-state index in [1.54, 1.807) is 24.3 Å². The van der Waals surface area contributed by atoms with Gasteiger partial charge < -0.3 is 42.6 Å². The van der Waals surface area contributed by atoms with Gasteiger partial charge in [-0.15, -0.1) is 16.1 Å². The Balaban J connectivity index is -0.000000703. The number of carbonyl (C=O) groups is 2. The first kappa shape index (κ1) is 53.9. The van der Waals surface area contributed by atoms with Crippen LogP contribution in [0.25, 0.3) is 0 Å². The van der Waals surface area contributed by atoms with Crippen molar-refractivity contribution in [2.45, 2.75) is 118 Å². The summed E-state index contributed by atoms with van der Waals surface area (Å²) in [7, 11) is -8.36. The molecule has 0 atom stereocenters. The third-order valence-electron chi connectivity index (χ3n) is 4.71. The van der Waals surface area contributed by atoms with Crippen molar-refractivity contribution in [1.29, 1.82) is 0 Å². The summed E-state index contributed by atoms with van der Waals surface area (Å²) in [6.07, 6.45) is 0. The Hall–Kier alpha value is -1.50. The van der Waals surface area contributed by atoms with Gasteiger partial charge >= 0.3 is 38.1 Å². The van der Waals surface area contributed by atoms with Crippen molar-refractivity contribution in [3.63, 3.8) is 0 Å². The zero-order valence-electron chi connectivity index (χ0n) is 35.1. The van der Waals surface area contributed by atoms with E-state index < -0.39 is 61.0 Å². The van der Waals surface area contributed by atoms with Crippen LogP contribution in [0, 0.1) is 13.1 Å². The van der Waals surface area contributed by atoms with Crippen molar-refractivity contribution < 1.29 is 46.0 Å². The van der Waals surface area contributed by atoms with Gasteiger partial charge in [-0.1, -0.05) is 115 Å². The van der Waals surface area contributed by atoms with Crippen molar-refractivity contribution in [3.8, 4) is 0 Å². The van der Waals surface area contributed by atoms with E-state index in [0.717, 1.165) is 11.7 Å². The maximum atomic E-state index is 11.4. The predicted molar refractivity (Wildman–Crippen MR) is 237 cm³/mol. The van der Waals surface area contributed by atoms with Gasteiger partial charge in [-0.3, -0.25) is 0 Å². The molecule has 0 bridgehead atoms. The fraction of sp³-hybridized carbons (Fsp3) is 0.500. The zero-order chi connectivity index (χ0) is 40.1. The number of carboxylic acids is 2. The maximum Gasteiger partial charge on any atom is 2.00 e. The van der Waals surface area contributed by atoms with Crippen LogP contribution in [0.4, 0.5) is 0 Å². The van der Waals surface area contributed by atoms with Crippen LogP contribution >= 0.6 is 0 Å². The van der Waals surface area contributed by atoms with Gasteiger partial charge in [-0.2, -0.15) is 0 Å². The fourth-order valence-corrected chi connectivity index (χ4v) is 7.16. The second-order valence-corrected chi connectivity index (χ2v) is 47.7. The van der Waals surface area contributed by atoms with E-state index in [2.05, 4.69) is 141 Å². The molecule has 0 unspecified atom stereocenters. The van der Waals surface area contributed by atoms with Crippen molar-refractivity contribution >= 4 is 72.7 Å². The predicted octanol–water partition coefficient (Wildman–Crippen LogP) is 10.2. The Morgan fingerprint density at radius 2 is 0.686 bits per heavy atom. The molecule has 0 saturated heterocycles. The zero-order valence-corrected chi connectivity index (χ0v) is 43.6. The van der Waals surface area contributed by atoms with Crippen LogP contribution in [-0.4, -0.2) is 82.9 Å². The number of rotatable bonds is 8. The number of nitrogens with one attached hydrogen (secondary N) is 2. The first-order chi connectivity index (χ1) is 22.0. The van der Waals surface area contributed by atoms with E-state index in [4.69, 9.17) is 9.32 Å². The number of aromatic carboxylic acids is 2. The molecule has 8 nitrogen and oxygen atoms in total. The van der Waals surface area contributed by atoms with Crippen LogP contribution < -0.4 is 9.96 Å². The minimum atomic E-state index is -1.71. The Morgan fingerprint density at radius 3 is 0.843 bits per heavy atom. The summed E-state index contributed by atoms with van der Waals surface area (Å²) in [6, 6.07) is 14.1. The molecule has 0 amide bonds. The van der Waals surface area contributed by atoms with E-state index in [-0.39, 0.29) is 26.2 Å². The van der Waals surface area contributed by atoms with E-state index >= 15 is 0 Å². The summed E-state index contributed by atoms with van der Waals surface area (Å²) in [5, 5.41) is 18.7. The Morgan fingerprint density at radius 1 is 0.490 bits per heavy atom. The summed E-state index contributed by atoms with van der Waals surface area (Å²) in [4.78, 5) is 29.8. The Kier molecular flexibility index (Phi) is 23.3. The molecule has 0 aromatic heterocycles. The summed E-state index contributed by atoms with van der Waals surface area (Å²) in [5.74, 6) is -0.356. The quantitative estimate of drug-likeness (QED) is 0.0907. The molecule has 0 aliphatic heterocycles. The van der Waals surface area contributed by atoms with Crippen LogP contribution in [0.15, 0.2) is 57.8 Å². The number of benzene rings is 2. The minimum absolute atomic E-state index is 0. The van der Waals surface area contributed by atoms with Gasteiger partial charge in [0.1, 0.15) is 28.1 Å². The van der Waals surface area contributed by atoms with Crippen LogP contribution in [0.3, 0.4) is 0 Å². The van der Waals surface area contributed by atoms with Crippen LogP contribution in [0.1, 0.15) is 31.8 Å². The first-order valence-electron chi connectivity index (χ1n) is 17.1. The second kappa shape index (κ2) is 22.0. The summed E-state index contributed by atoms with van der Waals surface area (Å²) < 4.78 is 9.65. The van der Waals surface area contributed by atoms with Crippen molar-refractivity contribution in [1.82, 2.24) is 9.96 Å². The molecule has 0 aliphatic carbocycles. The third kappa shape index (κ3) is 32.9. The molecular formula is C36H70N4O4Si6Zr. The van der Waals surface area contributed by atoms with Gasteiger partial charge in [0.15, 0.2) is 16.5 Å². The van der Waals surface area contributed by atoms with Gasteiger partial charge in [-0.25, -0.2) is 9.59 Å². The molecule has 0 aliphatic rings. The molecule has 51 heavy (non-hydrogen) atoms. The van der Waals surface area contributed by atoms with Gasteiger partial charge in [0.05, 0.1) is 11.1 Å². The average molecular weight is 883 g/mol. The molecule has 0 radical (unpaired) electrons. The van der Waals surface area contributed by atoms with Crippen molar-refractivity contribution in [3.05, 3.63) is 83.9 Å². The molecule has 286 valence electrons. The third-order valence-corrected chi connectivity index (χ3v) is 8.47. The minimum Gasteiger partial charge on any atom is -0.478 e. The smallest absolute Gasteiger partial charge is 0.478 e. The fourth-order valence-electron chi connectivity index (χ4n) is 3.44. The Labute approximate surface area is 337 Å². The number of carboxylic acid groups (broad SMARTS) is 2. The molecule has 4 N–H and O–H groups in total. The van der Waals surface area contributed by atoms with Crippen molar-refractivity contribution in [2.24, 2.45) is 9.32 Å². The number of hydrogen-bond donors (Lipinski definition) is 4. The molecule has 0 spiro atoms. The summed E-state index contributed by atoms with van der Waals surface area (Å²) in [6.45, 7) is 47.0. The van der Waals surface area contributed by atoms with Gasteiger partial charge in [0.2, 0.25) is 0 Å². The normalized spacial score (nSPS) is 12.7. The summed E-state index contributed by atoms with van der Waals surface area (Å²) >= 11 is 0. The molecular weight excluding hydrogens is 812 g/mol. The maximum absolute atomic E-state index is 11.4. The monoisotopic (exact) mass is 880 g/mol. The first-order valence-corrected chi connectivity index (χ1v) is 38.4. The topological polar surface area (TPSA) is 123 Å². The number of nitrogens with zero attached hydrogens (tertiary/aromatic N) is 2. The van der Waals surface area contributed by atoms with Crippen LogP contribution in [0.5, 0.6) is 0 Å². The van der Waals surface area contributed by atoms with Crippen molar-refractivity contribution in [2.75, 3.05) is 0 Å². The van der Waals surface area contributed by atoms with Gasteiger partial charge in [0, 0.05) is 11.1 Å². The van der Waals surface area contributed by atoms with Crippen LogP contribution in [-0.2, 0) is 26.2 Å². The van der Waals surface area contributed by atoms with Crippen LogP contribution in [0.2, 0.25) is 118 Å². The molecule has 0 heterocycles. The molecule has 2 rings (SSSR count). The molecule has 0 saturated carbocycles. The van der Waals surface area contributed by atoms with E-state index in [1.807, 2.05) is 24.3 Å². The summed E-state index contributed by atoms with van der Waals surface area (Å²) in [5.41, 5.74) is 1.97. The molecule has 0 fully saturated rings. The molecule has 2 aromatic rings. The Bertz CT molecular complexity index is 1320. The average Bonchev–Trinajstić information content (AvgIpc) is 2.83.